The summed E-state index contributed by atoms with van der Waals surface area (Å²) in [6.07, 6.45) is 2.31. The minimum atomic E-state index is 0.0808. The summed E-state index contributed by atoms with van der Waals surface area (Å²) < 4.78 is 0. The zero-order valence-electron chi connectivity index (χ0n) is 11.4. The zero-order chi connectivity index (χ0) is 13.1. The highest BCUT2D eigenvalue weighted by Crippen LogP contribution is 2.16. The van der Waals surface area contributed by atoms with E-state index in [-0.39, 0.29) is 5.91 Å². The molecule has 5 nitrogen and oxygen atoms in total. The van der Waals surface area contributed by atoms with Crippen molar-refractivity contribution in [3.63, 3.8) is 0 Å². The third kappa shape index (κ3) is 2.72. The zero-order valence-corrected chi connectivity index (χ0v) is 11.4. The number of nitrogens with one attached hydrogen (secondary N) is 2. The average Bonchev–Trinajstić information content (AvgIpc) is 2.69. The number of amides is 1. The molecule has 1 saturated heterocycles. The molecule has 0 aliphatic carbocycles. The SMILES string of the molecule is Cc1n[nH]c(C)c1C(=O)N(C)CC1CCNCC1. The van der Waals surface area contributed by atoms with Crippen molar-refractivity contribution >= 4 is 5.91 Å². The van der Waals surface area contributed by atoms with Gasteiger partial charge in [-0.05, 0) is 45.7 Å². The van der Waals surface area contributed by atoms with Crippen LogP contribution in [0.4, 0.5) is 0 Å². The molecule has 1 aromatic rings. The molecule has 0 saturated carbocycles. The maximum absolute atomic E-state index is 12.4. The molecular formula is C13H22N4O. The van der Waals surface area contributed by atoms with Crippen LogP contribution in [0.25, 0.3) is 0 Å². The van der Waals surface area contributed by atoms with Gasteiger partial charge in [-0.3, -0.25) is 9.89 Å². The summed E-state index contributed by atoms with van der Waals surface area (Å²) in [4.78, 5) is 14.2. The van der Waals surface area contributed by atoms with Gasteiger partial charge in [0.1, 0.15) is 0 Å². The molecule has 1 aromatic heterocycles. The van der Waals surface area contributed by atoms with Crippen LogP contribution >= 0.6 is 0 Å². The van der Waals surface area contributed by atoms with E-state index < -0.39 is 0 Å². The number of nitrogens with zero attached hydrogens (tertiary/aromatic N) is 2. The molecule has 0 aromatic carbocycles. The fourth-order valence-electron chi connectivity index (χ4n) is 2.59. The first-order chi connectivity index (χ1) is 8.59. The molecule has 100 valence electrons. The Morgan fingerprint density at radius 2 is 2.06 bits per heavy atom. The molecule has 1 aliphatic heterocycles. The highest BCUT2D eigenvalue weighted by atomic mass is 16.2. The first-order valence-electron chi connectivity index (χ1n) is 6.57. The molecule has 2 rings (SSSR count). The smallest absolute Gasteiger partial charge is 0.257 e. The van der Waals surface area contributed by atoms with Crippen LogP contribution < -0.4 is 5.32 Å². The number of carbonyl (C=O) groups excluding carboxylic acids is 1. The molecule has 2 heterocycles. The van der Waals surface area contributed by atoms with Gasteiger partial charge >= 0.3 is 0 Å². The van der Waals surface area contributed by atoms with Crippen LogP contribution in [0.2, 0.25) is 0 Å². The van der Waals surface area contributed by atoms with Gasteiger partial charge in [0.2, 0.25) is 0 Å². The van der Waals surface area contributed by atoms with E-state index >= 15 is 0 Å². The number of carbonyl (C=O) groups is 1. The summed E-state index contributed by atoms with van der Waals surface area (Å²) in [6, 6.07) is 0. The van der Waals surface area contributed by atoms with E-state index in [0.29, 0.717) is 5.92 Å². The Morgan fingerprint density at radius 1 is 1.39 bits per heavy atom. The van der Waals surface area contributed by atoms with E-state index in [1.807, 2.05) is 25.8 Å². The van der Waals surface area contributed by atoms with Crippen LogP contribution in [0.15, 0.2) is 0 Å². The number of aromatic nitrogens is 2. The Bertz CT molecular complexity index is 401. The minimum Gasteiger partial charge on any atom is -0.341 e. The number of aryl methyl sites for hydroxylation is 2. The highest BCUT2D eigenvalue weighted by Gasteiger charge is 2.22. The molecule has 0 unspecified atom stereocenters. The van der Waals surface area contributed by atoms with Gasteiger partial charge in [-0.2, -0.15) is 5.10 Å². The van der Waals surface area contributed by atoms with Crippen LogP contribution in [0, 0.1) is 19.8 Å². The van der Waals surface area contributed by atoms with Gasteiger partial charge in [0, 0.05) is 19.3 Å². The topological polar surface area (TPSA) is 61.0 Å². The highest BCUT2D eigenvalue weighted by molar-refractivity contribution is 5.96. The lowest BCUT2D eigenvalue weighted by Gasteiger charge is -2.27. The summed E-state index contributed by atoms with van der Waals surface area (Å²) >= 11 is 0. The van der Waals surface area contributed by atoms with Crippen molar-refractivity contribution in [3.05, 3.63) is 17.0 Å². The molecular weight excluding hydrogens is 228 g/mol. The molecule has 0 radical (unpaired) electrons. The van der Waals surface area contributed by atoms with Crippen molar-refractivity contribution < 1.29 is 4.79 Å². The number of hydrogen-bond donors (Lipinski definition) is 2. The van der Waals surface area contributed by atoms with Gasteiger partial charge in [0.05, 0.1) is 11.3 Å². The van der Waals surface area contributed by atoms with Crippen molar-refractivity contribution in [1.29, 1.82) is 0 Å². The number of H-pyrrole nitrogens is 1. The Labute approximate surface area is 108 Å². The van der Waals surface area contributed by atoms with Crippen LogP contribution in [-0.2, 0) is 0 Å². The Morgan fingerprint density at radius 3 is 2.61 bits per heavy atom. The van der Waals surface area contributed by atoms with E-state index in [1.165, 1.54) is 0 Å². The molecule has 1 amide bonds. The molecule has 0 spiro atoms. The third-order valence-electron chi connectivity index (χ3n) is 3.68. The van der Waals surface area contributed by atoms with Crippen molar-refractivity contribution in [2.24, 2.45) is 5.92 Å². The first kappa shape index (κ1) is 13.1. The summed E-state index contributed by atoms with van der Waals surface area (Å²) in [5.41, 5.74) is 2.37. The third-order valence-corrected chi connectivity index (χ3v) is 3.68. The number of rotatable bonds is 3. The van der Waals surface area contributed by atoms with Crippen molar-refractivity contribution in [2.45, 2.75) is 26.7 Å². The molecule has 1 aliphatic rings. The predicted molar refractivity (Wildman–Crippen MR) is 70.6 cm³/mol. The van der Waals surface area contributed by atoms with E-state index in [2.05, 4.69) is 15.5 Å². The molecule has 5 heteroatoms. The predicted octanol–water partition coefficient (Wildman–Crippen LogP) is 1.10. The molecule has 2 N–H and O–H groups in total. The lowest BCUT2D eigenvalue weighted by Crippen LogP contribution is -2.37. The quantitative estimate of drug-likeness (QED) is 0.844. The summed E-state index contributed by atoms with van der Waals surface area (Å²) in [5, 5.41) is 10.3. The second-order valence-corrected chi connectivity index (χ2v) is 5.19. The Balaban J connectivity index is 2.00. The minimum absolute atomic E-state index is 0.0808. The fourth-order valence-corrected chi connectivity index (χ4v) is 2.59. The lowest BCUT2D eigenvalue weighted by molar-refractivity contribution is 0.0761. The summed E-state index contributed by atoms with van der Waals surface area (Å²) in [5.74, 6) is 0.699. The maximum atomic E-state index is 12.4. The van der Waals surface area contributed by atoms with Gasteiger partial charge in [-0.1, -0.05) is 0 Å². The molecule has 0 bridgehead atoms. The summed E-state index contributed by atoms with van der Waals surface area (Å²) in [7, 11) is 1.89. The number of aromatic amines is 1. The van der Waals surface area contributed by atoms with E-state index in [0.717, 1.165) is 49.4 Å². The van der Waals surface area contributed by atoms with Crippen molar-refractivity contribution in [1.82, 2.24) is 20.4 Å². The summed E-state index contributed by atoms with van der Waals surface area (Å²) in [6.45, 7) is 6.73. The fraction of sp³-hybridized carbons (Fsp3) is 0.692. The van der Waals surface area contributed by atoms with Gasteiger partial charge in [0.15, 0.2) is 0 Å². The molecule has 18 heavy (non-hydrogen) atoms. The standard InChI is InChI=1S/C13H22N4O/c1-9-12(10(2)16-15-9)13(18)17(3)8-11-4-6-14-7-5-11/h11,14H,4-8H2,1-3H3,(H,15,16). The Hall–Kier alpha value is -1.36. The lowest BCUT2D eigenvalue weighted by atomic mass is 9.97. The average molecular weight is 250 g/mol. The van der Waals surface area contributed by atoms with Crippen LogP contribution in [0.3, 0.4) is 0 Å². The van der Waals surface area contributed by atoms with Crippen molar-refractivity contribution in [3.8, 4) is 0 Å². The van der Waals surface area contributed by atoms with Gasteiger partial charge in [0.25, 0.3) is 5.91 Å². The van der Waals surface area contributed by atoms with E-state index in [4.69, 9.17) is 0 Å². The van der Waals surface area contributed by atoms with Crippen molar-refractivity contribution in [2.75, 3.05) is 26.7 Å². The van der Waals surface area contributed by atoms with Crippen LogP contribution in [0.5, 0.6) is 0 Å². The number of piperidine rings is 1. The maximum Gasteiger partial charge on any atom is 0.257 e. The Kier molecular flexibility index (Phi) is 4.01. The van der Waals surface area contributed by atoms with E-state index in [9.17, 15) is 4.79 Å². The van der Waals surface area contributed by atoms with E-state index in [1.54, 1.807) is 0 Å². The van der Waals surface area contributed by atoms with Gasteiger partial charge in [-0.15, -0.1) is 0 Å². The number of hydrogen-bond acceptors (Lipinski definition) is 3. The molecule has 1 fully saturated rings. The molecule has 0 atom stereocenters. The first-order valence-corrected chi connectivity index (χ1v) is 6.57. The van der Waals surface area contributed by atoms with Gasteiger partial charge in [-0.25, -0.2) is 0 Å². The second-order valence-electron chi connectivity index (χ2n) is 5.19. The van der Waals surface area contributed by atoms with Crippen LogP contribution in [-0.4, -0.2) is 47.7 Å². The normalized spacial score (nSPS) is 16.8. The van der Waals surface area contributed by atoms with Gasteiger partial charge < -0.3 is 10.2 Å². The monoisotopic (exact) mass is 250 g/mol. The largest absolute Gasteiger partial charge is 0.341 e. The second kappa shape index (κ2) is 5.52. The van der Waals surface area contributed by atoms with Crippen LogP contribution in [0.1, 0.15) is 34.6 Å².